The summed E-state index contributed by atoms with van der Waals surface area (Å²) in [5.41, 5.74) is 4.36. The molecule has 0 aromatic carbocycles. The maximum atomic E-state index is 12.1. The van der Waals surface area contributed by atoms with Gasteiger partial charge in [0.25, 0.3) is 5.91 Å². The van der Waals surface area contributed by atoms with Crippen molar-refractivity contribution in [1.29, 1.82) is 0 Å². The van der Waals surface area contributed by atoms with Crippen molar-refractivity contribution in [2.75, 3.05) is 12.3 Å². The molecule has 0 radical (unpaired) electrons. The summed E-state index contributed by atoms with van der Waals surface area (Å²) in [5.74, 6) is 1.53. The first-order chi connectivity index (χ1) is 11.6. The first kappa shape index (κ1) is 16.4. The molecule has 0 aliphatic heterocycles. The molecule has 0 saturated carbocycles. The molecule has 0 saturated heterocycles. The molecule has 1 amide bonds. The van der Waals surface area contributed by atoms with Gasteiger partial charge in [-0.25, -0.2) is 4.98 Å². The largest absolute Gasteiger partial charge is 0.350 e. The third kappa shape index (κ3) is 3.70. The molecule has 3 aromatic rings. The summed E-state index contributed by atoms with van der Waals surface area (Å²) in [6, 6.07) is 5.68. The average Bonchev–Trinajstić information content (AvgIpc) is 3.28. The monoisotopic (exact) mass is 344 g/mol. The maximum Gasteiger partial charge on any atom is 0.269 e. The molecule has 0 spiro atoms. The number of thioether (sulfide) groups is 1. The number of nitrogens with one attached hydrogen (secondary N) is 3. The van der Waals surface area contributed by atoms with Gasteiger partial charge in [-0.1, -0.05) is 0 Å². The Balaban J connectivity index is 1.45. The van der Waals surface area contributed by atoms with Crippen molar-refractivity contribution in [2.24, 2.45) is 7.05 Å². The molecular formula is C16H20N6OS. The van der Waals surface area contributed by atoms with Crippen molar-refractivity contribution in [3.8, 4) is 11.4 Å². The standard InChI is InChI=1S/C16H20N6OS/c1-11-14(19-10-18-11)9-24-7-5-17-16(23)13-8-12(20-21-13)15-4-3-6-22(15)2/h3-4,6,8,10H,5,7,9H2,1-2H3,(H,17,23)(H,18,19)(H,20,21). The van der Waals surface area contributed by atoms with Gasteiger partial charge < -0.3 is 14.9 Å². The molecule has 7 nitrogen and oxygen atoms in total. The highest BCUT2D eigenvalue weighted by Crippen LogP contribution is 2.17. The summed E-state index contributed by atoms with van der Waals surface area (Å²) in [5, 5.41) is 9.90. The lowest BCUT2D eigenvalue weighted by atomic mass is 10.3. The molecular weight excluding hydrogens is 324 g/mol. The van der Waals surface area contributed by atoms with Crippen LogP contribution in [0.2, 0.25) is 0 Å². The number of aromatic amines is 2. The minimum absolute atomic E-state index is 0.139. The fourth-order valence-corrected chi connectivity index (χ4v) is 3.21. The molecule has 0 aliphatic rings. The van der Waals surface area contributed by atoms with Gasteiger partial charge in [0.2, 0.25) is 0 Å². The van der Waals surface area contributed by atoms with E-state index in [4.69, 9.17) is 0 Å². The second kappa shape index (κ2) is 7.39. The van der Waals surface area contributed by atoms with E-state index in [0.717, 1.165) is 34.3 Å². The lowest BCUT2D eigenvalue weighted by Crippen LogP contribution is -2.26. The van der Waals surface area contributed by atoms with Gasteiger partial charge in [-0.05, 0) is 25.1 Å². The molecule has 126 valence electrons. The van der Waals surface area contributed by atoms with Gasteiger partial charge in [0.15, 0.2) is 0 Å². The lowest BCUT2D eigenvalue weighted by Gasteiger charge is -2.03. The number of imidazole rings is 1. The van der Waals surface area contributed by atoms with Crippen molar-refractivity contribution in [3.63, 3.8) is 0 Å². The zero-order chi connectivity index (χ0) is 16.9. The van der Waals surface area contributed by atoms with E-state index >= 15 is 0 Å². The van der Waals surface area contributed by atoms with E-state index in [1.165, 1.54) is 0 Å². The van der Waals surface area contributed by atoms with Crippen molar-refractivity contribution in [3.05, 3.63) is 47.8 Å². The van der Waals surface area contributed by atoms with E-state index in [2.05, 4.69) is 25.5 Å². The van der Waals surface area contributed by atoms with Gasteiger partial charge in [-0.2, -0.15) is 16.9 Å². The molecule has 8 heteroatoms. The Bertz CT molecular complexity index is 818. The van der Waals surface area contributed by atoms with Crippen molar-refractivity contribution >= 4 is 17.7 Å². The Labute approximate surface area is 144 Å². The van der Waals surface area contributed by atoms with Gasteiger partial charge in [0.05, 0.1) is 17.7 Å². The van der Waals surface area contributed by atoms with Crippen LogP contribution in [-0.2, 0) is 12.8 Å². The van der Waals surface area contributed by atoms with E-state index in [1.54, 1.807) is 24.2 Å². The number of aromatic nitrogens is 5. The minimum Gasteiger partial charge on any atom is -0.350 e. The molecule has 3 aromatic heterocycles. The first-order valence-corrected chi connectivity index (χ1v) is 8.82. The average molecular weight is 344 g/mol. The molecule has 0 unspecified atom stereocenters. The molecule has 3 heterocycles. The number of rotatable bonds is 7. The van der Waals surface area contributed by atoms with E-state index in [9.17, 15) is 4.79 Å². The van der Waals surface area contributed by atoms with Gasteiger partial charge >= 0.3 is 0 Å². The van der Waals surface area contributed by atoms with Crippen LogP contribution in [0, 0.1) is 6.92 Å². The van der Waals surface area contributed by atoms with Crippen LogP contribution in [0.1, 0.15) is 21.9 Å². The zero-order valence-electron chi connectivity index (χ0n) is 13.7. The molecule has 3 rings (SSSR count). The SMILES string of the molecule is Cc1[nH]cnc1CSCCNC(=O)c1cc(-c2cccn2C)n[nH]1. The Morgan fingerprint density at radius 2 is 2.33 bits per heavy atom. The Morgan fingerprint density at radius 3 is 3.04 bits per heavy atom. The number of carbonyl (C=O) groups is 1. The highest BCUT2D eigenvalue weighted by Gasteiger charge is 2.12. The van der Waals surface area contributed by atoms with Crippen molar-refractivity contribution in [2.45, 2.75) is 12.7 Å². The third-order valence-corrected chi connectivity index (χ3v) is 4.70. The Morgan fingerprint density at radius 1 is 1.46 bits per heavy atom. The van der Waals surface area contributed by atoms with Gasteiger partial charge in [-0.15, -0.1) is 0 Å². The van der Waals surface area contributed by atoms with Crippen LogP contribution in [0.3, 0.4) is 0 Å². The molecule has 24 heavy (non-hydrogen) atoms. The molecule has 0 atom stereocenters. The number of nitrogens with zero attached hydrogens (tertiary/aromatic N) is 3. The van der Waals surface area contributed by atoms with Crippen LogP contribution >= 0.6 is 11.8 Å². The van der Waals surface area contributed by atoms with Crippen molar-refractivity contribution < 1.29 is 4.79 Å². The Kier molecular flexibility index (Phi) is 5.05. The molecule has 0 fully saturated rings. The fraction of sp³-hybridized carbons (Fsp3) is 0.312. The van der Waals surface area contributed by atoms with E-state index in [1.807, 2.05) is 36.9 Å². The van der Waals surface area contributed by atoms with Crippen LogP contribution in [0.15, 0.2) is 30.7 Å². The molecule has 0 bridgehead atoms. The molecule has 0 aliphatic carbocycles. The van der Waals surface area contributed by atoms with Crippen LogP contribution in [0.4, 0.5) is 0 Å². The van der Waals surface area contributed by atoms with E-state index in [0.29, 0.717) is 12.2 Å². The number of carbonyl (C=O) groups excluding carboxylic acids is 1. The van der Waals surface area contributed by atoms with Gasteiger partial charge in [-0.3, -0.25) is 9.89 Å². The van der Waals surface area contributed by atoms with Crippen LogP contribution < -0.4 is 5.32 Å². The highest BCUT2D eigenvalue weighted by molar-refractivity contribution is 7.98. The third-order valence-electron chi connectivity index (χ3n) is 3.73. The number of hydrogen-bond donors (Lipinski definition) is 3. The number of H-pyrrole nitrogens is 2. The van der Waals surface area contributed by atoms with Crippen molar-refractivity contribution in [1.82, 2.24) is 30.0 Å². The quantitative estimate of drug-likeness (QED) is 0.573. The minimum atomic E-state index is -0.139. The highest BCUT2D eigenvalue weighted by atomic mass is 32.2. The van der Waals surface area contributed by atoms with Crippen LogP contribution in [-0.4, -0.2) is 42.9 Å². The smallest absolute Gasteiger partial charge is 0.269 e. The summed E-state index contributed by atoms with van der Waals surface area (Å²) in [4.78, 5) is 19.5. The normalized spacial score (nSPS) is 10.9. The number of amides is 1. The number of hydrogen-bond acceptors (Lipinski definition) is 4. The summed E-state index contributed by atoms with van der Waals surface area (Å²) in [6.45, 7) is 2.61. The zero-order valence-corrected chi connectivity index (χ0v) is 14.5. The van der Waals surface area contributed by atoms with E-state index < -0.39 is 0 Å². The van der Waals surface area contributed by atoms with Crippen LogP contribution in [0.5, 0.6) is 0 Å². The summed E-state index contributed by atoms with van der Waals surface area (Å²) in [7, 11) is 1.95. The van der Waals surface area contributed by atoms with Crippen LogP contribution in [0.25, 0.3) is 11.4 Å². The topological polar surface area (TPSA) is 91.4 Å². The second-order valence-corrected chi connectivity index (χ2v) is 6.56. The van der Waals surface area contributed by atoms with Gasteiger partial charge in [0, 0.05) is 37.0 Å². The predicted octanol–water partition coefficient (Wildman–Crippen LogP) is 2.11. The lowest BCUT2D eigenvalue weighted by molar-refractivity contribution is 0.0951. The van der Waals surface area contributed by atoms with E-state index in [-0.39, 0.29) is 5.91 Å². The Hall–Kier alpha value is -2.48. The summed E-state index contributed by atoms with van der Waals surface area (Å²) >= 11 is 1.74. The summed E-state index contributed by atoms with van der Waals surface area (Å²) < 4.78 is 1.96. The fourth-order valence-electron chi connectivity index (χ4n) is 2.33. The second-order valence-electron chi connectivity index (χ2n) is 5.45. The first-order valence-electron chi connectivity index (χ1n) is 7.67. The van der Waals surface area contributed by atoms with Gasteiger partial charge in [0.1, 0.15) is 11.4 Å². The summed E-state index contributed by atoms with van der Waals surface area (Å²) in [6.07, 6.45) is 3.65. The number of aryl methyl sites for hydroxylation is 2. The molecule has 3 N–H and O–H groups in total. The predicted molar refractivity (Wildman–Crippen MR) is 94.8 cm³/mol. The maximum absolute atomic E-state index is 12.1.